The minimum absolute atomic E-state index is 0.0491. The van der Waals surface area contributed by atoms with Gasteiger partial charge >= 0.3 is 0 Å². The Morgan fingerprint density at radius 2 is 1.95 bits per heavy atom. The lowest BCUT2D eigenvalue weighted by molar-refractivity contribution is 0.316. The van der Waals surface area contributed by atoms with E-state index in [4.69, 9.17) is 0 Å². The SMILES string of the molecule is Cc1ccc(C)c(S(=O)(=O)NC2CCCCC2CBr)c1. The zero-order chi connectivity index (χ0) is 14.8. The number of aryl methyl sites for hydroxylation is 2. The van der Waals surface area contributed by atoms with E-state index in [-0.39, 0.29) is 6.04 Å². The van der Waals surface area contributed by atoms with Gasteiger partial charge in [0, 0.05) is 11.4 Å². The lowest BCUT2D eigenvalue weighted by Gasteiger charge is -2.30. The Morgan fingerprint density at radius 1 is 1.25 bits per heavy atom. The van der Waals surface area contributed by atoms with Crippen LogP contribution in [0.4, 0.5) is 0 Å². The molecule has 0 spiro atoms. The Hall–Kier alpha value is -0.390. The van der Waals surface area contributed by atoms with Gasteiger partial charge in [-0.2, -0.15) is 0 Å². The van der Waals surface area contributed by atoms with E-state index < -0.39 is 10.0 Å². The largest absolute Gasteiger partial charge is 0.241 e. The van der Waals surface area contributed by atoms with Gasteiger partial charge in [0.25, 0.3) is 0 Å². The molecule has 112 valence electrons. The summed E-state index contributed by atoms with van der Waals surface area (Å²) in [5.41, 5.74) is 1.77. The molecular weight excluding hydrogens is 338 g/mol. The fraction of sp³-hybridized carbons (Fsp3) is 0.600. The number of nitrogens with one attached hydrogen (secondary N) is 1. The molecule has 1 aromatic carbocycles. The minimum Gasteiger partial charge on any atom is -0.208 e. The summed E-state index contributed by atoms with van der Waals surface area (Å²) >= 11 is 3.51. The Balaban J connectivity index is 2.24. The third-order valence-corrected chi connectivity index (χ3v) is 6.51. The van der Waals surface area contributed by atoms with Gasteiger partial charge in [-0.25, -0.2) is 13.1 Å². The van der Waals surface area contributed by atoms with Gasteiger partial charge in [0.1, 0.15) is 0 Å². The minimum atomic E-state index is -3.43. The van der Waals surface area contributed by atoms with Gasteiger partial charge in [0.05, 0.1) is 4.90 Å². The topological polar surface area (TPSA) is 46.2 Å². The molecule has 0 heterocycles. The highest BCUT2D eigenvalue weighted by Gasteiger charge is 2.29. The van der Waals surface area contributed by atoms with Crippen LogP contribution in [0.1, 0.15) is 36.8 Å². The standard InChI is InChI=1S/C15H22BrNO2S/c1-11-7-8-12(2)15(9-11)20(18,19)17-14-6-4-3-5-13(14)10-16/h7-9,13-14,17H,3-6,10H2,1-2H3. The van der Waals surface area contributed by atoms with Crippen LogP contribution in [0.5, 0.6) is 0 Å². The van der Waals surface area contributed by atoms with Crippen molar-refractivity contribution in [3.05, 3.63) is 29.3 Å². The van der Waals surface area contributed by atoms with E-state index >= 15 is 0 Å². The number of alkyl halides is 1. The van der Waals surface area contributed by atoms with Crippen molar-refractivity contribution < 1.29 is 8.42 Å². The first-order chi connectivity index (χ1) is 9.44. The summed E-state index contributed by atoms with van der Waals surface area (Å²) in [6, 6.07) is 5.61. The van der Waals surface area contributed by atoms with Crippen molar-refractivity contribution in [3.63, 3.8) is 0 Å². The van der Waals surface area contributed by atoms with Crippen LogP contribution in [-0.4, -0.2) is 19.8 Å². The second-order valence-corrected chi connectivity index (χ2v) is 8.03. The molecule has 0 radical (unpaired) electrons. The maximum atomic E-state index is 12.6. The maximum Gasteiger partial charge on any atom is 0.241 e. The number of benzene rings is 1. The second-order valence-electron chi connectivity index (χ2n) is 5.70. The van der Waals surface area contributed by atoms with Gasteiger partial charge in [-0.05, 0) is 49.8 Å². The van der Waals surface area contributed by atoms with E-state index in [1.165, 1.54) is 6.42 Å². The predicted octanol–water partition coefficient (Wildman–Crippen LogP) is 3.54. The molecule has 2 unspecified atom stereocenters. The summed E-state index contributed by atoms with van der Waals surface area (Å²) in [4.78, 5) is 0.413. The monoisotopic (exact) mass is 359 g/mol. The molecule has 1 aliphatic carbocycles. The summed E-state index contributed by atoms with van der Waals surface area (Å²) in [5, 5.41) is 0.854. The number of sulfonamides is 1. The summed E-state index contributed by atoms with van der Waals surface area (Å²) in [5.74, 6) is 0.392. The summed E-state index contributed by atoms with van der Waals surface area (Å²) in [7, 11) is -3.43. The summed E-state index contributed by atoms with van der Waals surface area (Å²) < 4.78 is 28.1. The Labute approximate surface area is 130 Å². The molecule has 0 aliphatic heterocycles. The fourth-order valence-corrected chi connectivity index (χ4v) is 5.25. The van der Waals surface area contributed by atoms with Gasteiger partial charge in [-0.1, -0.05) is 40.9 Å². The van der Waals surface area contributed by atoms with E-state index in [1.54, 1.807) is 6.07 Å². The first-order valence-electron chi connectivity index (χ1n) is 7.09. The van der Waals surface area contributed by atoms with Crippen molar-refractivity contribution in [3.8, 4) is 0 Å². The molecule has 5 heteroatoms. The van der Waals surface area contributed by atoms with Crippen LogP contribution < -0.4 is 4.72 Å². The molecule has 1 aromatic rings. The van der Waals surface area contributed by atoms with Gasteiger partial charge in [-0.3, -0.25) is 0 Å². The first kappa shape index (κ1) is 16.0. The van der Waals surface area contributed by atoms with E-state index in [2.05, 4.69) is 20.7 Å². The lowest BCUT2D eigenvalue weighted by Crippen LogP contribution is -2.42. The molecule has 1 aliphatic rings. The van der Waals surface area contributed by atoms with Crippen molar-refractivity contribution in [1.82, 2.24) is 4.72 Å². The van der Waals surface area contributed by atoms with Crippen molar-refractivity contribution in [2.75, 3.05) is 5.33 Å². The zero-order valence-corrected chi connectivity index (χ0v) is 14.4. The highest BCUT2D eigenvalue weighted by atomic mass is 79.9. The highest BCUT2D eigenvalue weighted by molar-refractivity contribution is 9.09. The van der Waals surface area contributed by atoms with Crippen LogP contribution in [0, 0.1) is 19.8 Å². The number of halogens is 1. The molecule has 20 heavy (non-hydrogen) atoms. The molecule has 1 saturated carbocycles. The van der Waals surface area contributed by atoms with Crippen LogP contribution >= 0.6 is 15.9 Å². The molecule has 0 saturated heterocycles. The van der Waals surface area contributed by atoms with Crippen LogP contribution in [0.3, 0.4) is 0 Å². The Kier molecular flexibility index (Phi) is 5.26. The zero-order valence-electron chi connectivity index (χ0n) is 12.0. The Bertz CT molecular complexity index is 571. The molecule has 1 N–H and O–H groups in total. The number of hydrogen-bond acceptors (Lipinski definition) is 2. The van der Waals surface area contributed by atoms with E-state index in [1.807, 2.05) is 26.0 Å². The van der Waals surface area contributed by atoms with Gasteiger partial charge in [0.15, 0.2) is 0 Å². The number of rotatable bonds is 4. The van der Waals surface area contributed by atoms with Crippen LogP contribution in [0.15, 0.2) is 23.1 Å². The molecule has 0 amide bonds. The third kappa shape index (κ3) is 3.62. The summed E-state index contributed by atoms with van der Waals surface area (Å²) in [6.07, 6.45) is 4.31. The molecule has 0 bridgehead atoms. The molecule has 2 atom stereocenters. The third-order valence-electron chi connectivity index (χ3n) is 4.05. The van der Waals surface area contributed by atoms with Crippen molar-refractivity contribution in [1.29, 1.82) is 0 Å². The molecule has 0 aromatic heterocycles. The van der Waals surface area contributed by atoms with Crippen molar-refractivity contribution in [2.45, 2.75) is 50.5 Å². The Morgan fingerprint density at radius 3 is 2.65 bits per heavy atom. The quantitative estimate of drug-likeness (QED) is 0.835. The predicted molar refractivity (Wildman–Crippen MR) is 85.8 cm³/mol. The molecular formula is C15H22BrNO2S. The lowest BCUT2D eigenvalue weighted by atomic mass is 9.87. The van der Waals surface area contributed by atoms with Gasteiger partial charge in [-0.15, -0.1) is 0 Å². The van der Waals surface area contributed by atoms with Crippen molar-refractivity contribution in [2.24, 2.45) is 5.92 Å². The van der Waals surface area contributed by atoms with Crippen LogP contribution in [-0.2, 0) is 10.0 Å². The smallest absolute Gasteiger partial charge is 0.208 e. The van der Waals surface area contributed by atoms with Gasteiger partial charge in [0.2, 0.25) is 10.0 Å². The van der Waals surface area contributed by atoms with Crippen molar-refractivity contribution >= 4 is 26.0 Å². The highest BCUT2D eigenvalue weighted by Crippen LogP contribution is 2.28. The average molecular weight is 360 g/mol. The van der Waals surface area contributed by atoms with Crippen LogP contribution in [0.25, 0.3) is 0 Å². The fourth-order valence-electron chi connectivity index (χ4n) is 2.81. The normalized spacial score (nSPS) is 23.8. The summed E-state index contributed by atoms with van der Waals surface area (Å²) in [6.45, 7) is 3.76. The molecule has 3 nitrogen and oxygen atoms in total. The number of hydrogen-bond donors (Lipinski definition) is 1. The average Bonchev–Trinajstić information content (AvgIpc) is 2.41. The van der Waals surface area contributed by atoms with E-state index in [0.29, 0.717) is 10.8 Å². The molecule has 1 fully saturated rings. The van der Waals surface area contributed by atoms with Crippen LogP contribution in [0.2, 0.25) is 0 Å². The second kappa shape index (κ2) is 6.58. The van der Waals surface area contributed by atoms with E-state index in [0.717, 1.165) is 35.7 Å². The first-order valence-corrected chi connectivity index (χ1v) is 9.70. The maximum absolute atomic E-state index is 12.6. The van der Waals surface area contributed by atoms with E-state index in [9.17, 15) is 8.42 Å². The van der Waals surface area contributed by atoms with Gasteiger partial charge < -0.3 is 0 Å². The molecule has 2 rings (SSSR count).